The van der Waals surface area contributed by atoms with E-state index in [0.717, 1.165) is 0 Å². The van der Waals surface area contributed by atoms with Crippen LogP contribution in [0.25, 0.3) is 0 Å². The maximum absolute atomic E-state index is 12.1. The lowest BCUT2D eigenvalue weighted by atomic mass is 10.4. The highest BCUT2D eigenvalue weighted by Crippen LogP contribution is 2.20. The standard InChI is InChI=1S/C13H13BrN2O4S/c14-11-5-1-2-6-12(11)21(18,19)16-9-13(17)15-8-10-4-3-7-20-10/h1-7,16H,8-9H2,(H,15,17). The summed E-state index contributed by atoms with van der Waals surface area (Å²) < 4.78 is 31.8. The van der Waals surface area contributed by atoms with Crippen LogP contribution >= 0.6 is 15.9 Å². The first-order chi connectivity index (χ1) is 9.99. The summed E-state index contributed by atoms with van der Waals surface area (Å²) in [6.45, 7) is -0.132. The molecular formula is C13H13BrN2O4S. The Morgan fingerprint density at radius 3 is 2.62 bits per heavy atom. The van der Waals surface area contributed by atoms with E-state index in [1.807, 2.05) is 0 Å². The van der Waals surface area contributed by atoms with Crippen molar-refractivity contribution in [3.8, 4) is 0 Å². The summed E-state index contributed by atoms with van der Waals surface area (Å²) in [7, 11) is -3.74. The second-order valence-corrected chi connectivity index (χ2v) is 6.70. The molecule has 0 saturated carbocycles. The van der Waals surface area contributed by atoms with E-state index in [1.165, 1.54) is 12.3 Å². The minimum absolute atomic E-state index is 0.0869. The molecule has 1 aromatic heterocycles. The van der Waals surface area contributed by atoms with Crippen LogP contribution in [0.15, 0.2) is 56.4 Å². The van der Waals surface area contributed by atoms with Crippen molar-refractivity contribution >= 4 is 31.9 Å². The smallest absolute Gasteiger partial charge is 0.242 e. The molecule has 0 spiro atoms. The van der Waals surface area contributed by atoms with Crippen LogP contribution in [-0.4, -0.2) is 20.9 Å². The molecule has 0 unspecified atom stereocenters. The van der Waals surface area contributed by atoms with Gasteiger partial charge in [-0.1, -0.05) is 12.1 Å². The molecule has 2 aromatic rings. The summed E-state index contributed by atoms with van der Waals surface area (Å²) in [6.07, 6.45) is 1.50. The van der Waals surface area contributed by atoms with Crippen molar-refractivity contribution in [2.75, 3.05) is 6.54 Å². The lowest BCUT2D eigenvalue weighted by molar-refractivity contribution is -0.120. The van der Waals surface area contributed by atoms with Crippen LogP contribution in [0.1, 0.15) is 5.76 Å². The summed E-state index contributed by atoms with van der Waals surface area (Å²) in [6, 6.07) is 9.80. The van der Waals surface area contributed by atoms with Gasteiger partial charge in [0.05, 0.1) is 24.2 Å². The number of furan rings is 1. The van der Waals surface area contributed by atoms with Crippen molar-refractivity contribution in [1.29, 1.82) is 0 Å². The number of halogens is 1. The number of nitrogens with one attached hydrogen (secondary N) is 2. The zero-order valence-corrected chi connectivity index (χ0v) is 13.3. The van der Waals surface area contributed by atoms with E-state index in [2.05, 4.69) is 26.0 Å². The van der Waals surface area contributed by atoms with Crippen LogP contribution in [0.3, 0.4) is 0 Å². The first kappa shape index (κ1) is 15.7. The van der Waals surface area contributed by atoms with E-state index in [4.69, 9.17) is 4.42 Å². The lowest BCUT2D eigenvalue weighted by Gasteiger charge is -2.08. The van der Waals surface area contributed by atoms with Crippen LogP contribution in [0.4, 0.5) is 0 Å². The topological polar surface area (TPSA) is 88.4 Å². The number of rotatable bonds is 6. The molecular weight excluding hydrogens is 360 g/mol. The van der Waals surface area contributed by atoms with E-state index in [-0.39, 0.29) is 18.0 Å². The minimum Gasteiger partial charge on any atom is -0.467 e. The van der Waals surface area contributed by atoms with Gasteiger partial charge in [0.15, 0.2) is 0 Å². The fraction of sp³-hybridized carbons (Fsp3) is 0.154. The third-order valence-corrected chi connectivity index (χ3v) is 5.00. The second-order valence-electron chi connectivity index (χ2n) is 4.11. The molecule has 8 heteroatoms. The Kier molecular flexibility index (Phi) is 5.16. The van der Waals surface area contributed by atoms with E-state index in [0.29, 0.717) is 10.2 Å². The van der Waals surface area contributed by atoms with Gasteiger partial charge in [-0.2, -0.15) is 0 Å². The monoisotopic (exact) mass is 372 g/mol. The molecule has 0 fully saturated rings. The van der Waals surface area contributed by atoms with Crippen LogP contribution < -0.4 is 10.0 Å². The summed E-state index contributed by atoms with van der Waals surface area (Å²) in [5, 5.41) is 2.55. The number of amides is 1. The van der Waals surface area contributed by atoms with Gasteiger partial charge in [-0.05, 0) is 40.2 Å². The first-order valence-electron chi connectivity index (χ1n) is 6.02. The number of hydrogen-bond donors (Lipinski definition) is 2. The average molecular weight is 373 g/mol. The van der Waals surface area contributed by atoms with Crippen LogP contribution in [0, 0.1) is 0 Å². The number of hydrogen-bond acceptors (Lipinski definition) is 4. The minimum atomic E-state index is -3.74. The van der Waals surface area contributed by atoms with Gasteiger partial charge in [-0.25, -0.2) is 13.1 Å². The molecule has 0 aliphatic rings. The normalized spacial score (nSPS) is 11.3. The van der Waals surface area contributed by atoms with Crippen molar-refractivity contribution in [2.24, 2.45) is 0 Å². The van der Waals surface area contributed by atoms with Crippen LogP contribution in [0.5, 0.6) is 0 Å². The largest absolute Gasteiger partial charge is 0.467 e. The van der Waals surface area contributed by atoms with Crippen molar-refractivity contribution in [3.05, 3.63) is 52.9 Å². The SMILES string of the molecule is O=C(CNS(=O)(=O)c1ccccc1Br)NCc1ccco1. The molecule has 1 amide bonds. The Balaban J connectivity index is 1.90. The molecule has 1 heterocycles. The zero-order chi connectivity index (χ0) is 15.3. The second kappa shape index (κ2) is 6.88. The van der Waals surface area contributed by atoms with E-state index >= 15 is 0 Å². The van der Waals surface area contributed by atoms with Gasteiger partial charge in [-0.15, -0.1) is 0 Å². The van der Waals surface area contributed by atoms with E-state index in [1.54, 1.807) is 30.3 Å². The van der Waals surface area contributed by atoms with Gasteiger partial charge in [0, 0.05) is 4.47 Å². The Hall–Kier alpha value is -1.64. The quantitative estimate of drug-likeness (QED) is 0.806. The lowest BCUT2D eigenvalue weighted by Crippen LogP contribution is -2.36. The summed E-state index contributed by atoms with van der Waals surface area (Å²) in [5.41, 5.74) is 0. The summed E-state index contributed by atoms with van der Waals surface area (Å²) in [5.74, 6) is 0.152. The predicted molar refractivity (Wildman–Crippen MR) is 79.9 cm³/mol. The maximum atomic E-state index is 12.1. The average Bonchev–Trinajstić information content (AvgIpc) is 2.96. The molecule has 6 nitrogen and oxygen atoms in total. The van der Waals surface area contributed by atoms with Crippen molar-refractivity contribution in [2.45, 2.75) is 11.4 Å². The van der Waals surface area contributed by atoms with Crippen LogP contribution in [0.2, 0.25) is 0 Å². The molecule has 2 N–H and O–H groups in total. The molecule has 0 saturated heterocycles. The van der Waals surface area contributed by atoms with Gasteiger partial charge in [-0.3, -0.25) is 4.79 Å². The molecule has 2 rings (SSSR count). The van der Waals surface area contributed by atoms with Gasteiger partial charge in [0.25, 0.3) is 0 Å². The Bertz CT molecular complexity index is 714. The van der Waals surface area contributed by atoms with Crippen molar-refractivity contribution in [1.82, 2.24) is 10.0 Å². The molecule has 112 valence electrons. The number of carbonyl (C=O) groups is 1. The third kappa shape index (κ3) is 4.42. The molecule has 0 radical (unpaired) electrons. The number of carbonyl (C=O) groups excluding carboxylic acids is 1. The van der Waals surface area contributed by atoms with E-state index < -0.39 is 15.9 Å². The summed E-state index contributed by atoms with van der Waals surface area (Å²) >= 11 is 3.16. The molecule has 0 bridgehead atoms. The summed E-state index contributed by atoms with van der Waals surface area (Å²) in [4.78, 5) is 11.7. The van der Waals surface area contributed by atoms with Gasteiger partial charge >= 0.3 is 0 Å². The highest BCUT2D eigenvalue weighted by atomic mass is 79.9. The molecule has 0 aliphatic heterocycles. The maximum Gasteiger partial charge on any atom is 0.242 e. The number of benzene rings is 1. The van der Waals surface area contributed by atoms with Crippen molar-refractivity contribution in [3.63, 3.8) is 0 Å². The fourth-order valence-corrected chi connectivity index (χ4v) is 3.55. The highest BCUT2D eigenvalue weighted by Gasteiger charge is 2.17. The fourth-order valence-electron chi connectivity index (χ4n) is 1.56. The Labute approximate surface area is 130 Å². The Morgan fingerprint density at radius 1 is 1.19 bits per heavy atom. The zero-order valence-electron chi connectivity index (χ0n) is 10.9. The van der Waals surface area contributed by atoms with Gasteiger partial charge in [0.2, 0.25) is 15.9 Å². The molecule has 21 heavy (non-hydrogen) atoms. The molecule has 1 aromatic carbocycles. The predicted octanol–water partition coefficient (Wildman–Crippen LogP) is 1.64. The van der Waals surface area contributed by atoms with E-state index in [9.17, 15) is 13.2 Å². The molecule has 0 aliphatic carbocycles. The van der Waals surface area contributed by atoms with Crippen molar-refractivity contribution < 1.29 is 17.6 Å². The van der Waals surface area contributed by atoms with Gasteiger partial charge < -0.3 is 9.73 Å². The molecule has 0 atom stereocenters. The third-order valence-electron chi connectivity index (χ3n) is 2.59. The van der Waals surface area contributed by atoms with Gasteiger partial charge in [0.1, 0.15) is 5.76 Å². The first-order valence-corrected chi connectivity index (χ1v) is 8.30. The highest BCUT2D eigenvalue weighted by molar-refractivity contribution is 9.10. The van der Waals surface area contributed by atoms with Crippen LogP contribution in [-0.2, 0) is 21.4 Å². The number of sulfonamides is 1. The Morgan fingerprint density at radius 2 is 1.95 bits per heavy atom.